The number of aliphatic hydroxyl groups is 2. The lowest BCUT2D eigenvalue weighted by Gasteiger charge is -2.44. The molecule has 2 unspecified atom stereocenters. The fourth-order valence-corrected chi connectivity index (χ4v) is 5.55. The van der Waals surface area contributed by atoms with E-state index in [2.05, 4.69) is 51.8 Å². The third-order valence-corrected chi connectivity index (χ3v) is 7.01. The lowest BCUT2D eigenvalue weighted by molar-refractivity contribution is -0.0124. The number of nitrogens with zero attached hydrogens (tertiary/aromatic N) is 2. The second-order valence-corrected chi connectivity index (χ2v) is 8.76. The number of piperidine rings is 1. The van der Waals surface area contributed by atoms with Crippen LogP contribution in [0.15, 0.2) is 24.3 Å². The zero-order chi connectivity index (χ0) is 19.0. The number of hydrogen-bond donors (Lipinski definition) is 4. The van der Waals surface area contributed by atoms with E-state index in [0.717, 1.165) is 32.5 Å². The van der Waals surface area contributed by atoms with Gasteiger partial charge in [-0.05, 0) is 57.5 Å². The summed E-state index contributed by atoms with van der Waals surface area (Å²) in [5, 5.41) is 20.8. The molecule has 4 rings (SSSR count). The van der Waals surface area contributed by atoms with Crippen LogP contribution in [0.1, 0.15) is 43.4 Å². The van der Waals surface area contributed by atoms with Gasteiger partial charge in [0, 0.05) is 30.6 Å². The van der Waals surface area contributed by atoms with Crippen LogP contribution in [0.3, 0.4) is 0 Å². The molecule has 1 aromatic carbocycles. The monoisotopic (exact) mass is 374 g/mol. The third kappa shape index (κ3) is 3.43. The first kappa shape index (κ1) is 19.3. The number of hydrogen-bond acceptors (Lipinski definition) is 6. The highest BCUT2D eigenvalue weighted by molar-refractivity contribution is 5.45. The quantitative estimate of drug-likeness (QED) is 0.606. The van der Waals surface area contributed by atoms with Gasteiger partial charge in [-0.3, -0.25) is 15.8 Å². The van der Waals surface area contributed by atoms with E-state index in [0.29, 0.717) is 18.6 Å². The van der Waals surface area contributed by atoms with Crippen molar-refractivity contribution in [1.29, 1.82) is 0 Å². The van der Waals surface area contributed by atoms with E-state index in [-0.39, 0.29) is 18.1 Å². The van der Waals surface area contributed by atoms with E-state index >= 15 is 0 Å². The van der Waals surface area contributed by atoms with Gasteiger partial charge >= 0.3 is 0 Å². The Balaban J connectivity index is 1.50. The van der Waals surface area contributed by atoms with Gasteiger partial charge in [0.1, 0.15) is 0 Å². The molecule has 6 nitrogen and oxygen atoms in total. The molecule has 0 aromatic heterocycles. The van der Waals surface area contributed by atoms with E-state index in [9.17, 15) is 10.2 Å². The number of likely N-dealkylation sites (N-methyl/N-ethyl adjacent to an activating group) is 1. The molecule has 0 radical (unpaired) electrons. The first-order chi connectivity index (χ1) is 13.0. The average molecular weight is 375 g/mol. The van der Waals surface area contributed by atoms with Gasteiger partial charge in [0.15, 0.2) is 0 Å². The Labute approximate surface area is 162 Å². The van der Waals surface area contributed by atoms with Gasteiger partial charge in [0.05, 0.1) is 18.8 Å². The van der Waals surface area contributed by atoms with Gasteiger partial charge < -0.3 is 15.1 Å². The summed E-state index contributed by atoms with van der Waals surface area (Å²) in [5.74, 6) is 0. The molecule has 27 heavy (non-hydrogen) atoms. The van der Waals surface area contributed by atoms with Gasteiger partial charge in [0.2, 0.25) is 0 Å². The predicted molar refractivity (Wildman–Crippen MR) is 106 cm³/mol. The summed E-state index contributed by atoms with van der Waals surface area (Å²) in [4.78, 5) is 4.66. The zero-order valence-electron chi connectivity index (χ0n) is 16.6. The van der Waals surface area contributed by atoms with E-state index in [1.54, 1.807) is 0 Å². The fourth-order valence-electron chi connectivity index (χ4n) is 5.55. The maximum absolute atomic E-state index is 11.4. The highest BCUT2D eigenvalue weighted by Gasteiger charge is 2.53. The lowest BCUT2D eigenvalue weighted by Crippen LogP contribution is -2.51. The van der Waals surface area contributed by atoms with Crippen LogP contribution in [0, 0.1) is 0 Å². The molecule has 2 saturated heterocycles. The molecule has 0 amide bonds. The van der Waals surface area contributed by atoms with E-state index in [1.807, 2.05) is 7.05 Å². The molecule has 6 heteroatoms. The van der Waals surface area contributed by atoms with Crippen molar-refractivity contribution in [3.63, 3.8) is 0 Å². The molecule has 0 bridgehead atoms. The summed E-state index contributed by atoms with van der Waals surface area (Å²) in [7, 11) is 2.01. The van der Waals surface area contributed by atoms with Crippen molar-refractivity contribution in [2.45, 2.75) is 55.8 Å². The number of hydrazine groups is 1. The topological polar surface area (TPSA) is 71.0 Å². The summed E-state index contributed by atoms with van der Waals surface area (Å²) >= 11 is 0. The Morgan fingerprint density at radius 1 is 1.22 bits per heavy atom. The van der Waals surface area contributed by atoms with Crippen LogP contribution >= 0.6 is 0 Å². The summed E-state index contributed by atoms with van der Waals surface area (Å²) in [6.45, 7) is 6.02. The van der Waals surface area contributed by atoms with Crippen LogP contribution in [-0.4, -0.2) is 78.0 Å². The Hall–Kier alpha value is -1.02. The molecule has 2 aliphatic heterocycles. The van der Waals surface area contributed by atoms with Crippen molar-refractivity contribution in [2.24, 2.45) is 0 Å². The summed E-state index contributed by atoms with van der Waals surface area (Å²) in [6, 6.07) is 9.57. The van der Waals surface area contributed by atoms with Crippen molar-refractivity contribution >= 4 is 0 Å². The minimum absolute atomic E-state index is 0.0264. The van der Waals surface area contributed by atoms with Crippen molar-refractivity contribution in [1.82, 2.24) is 20.7 Å². The molecule has 1 aliphatic carbocycles. The second kappa shape index (κ2) is 7.78. The molecule has 3 aliphatic rings. The molecule has 150 valence electrons. The maximum Gasteiger partial charge on any atom is 0.0834 e. The third-order valence-electron chi connectivity index (χ3n) is 7.01. The number of fused-ring (bicyclic) bond motifs is 2. The predicted octanol–water partition coefficient (Wildman–Crippen LogP) is 0.615. The summed E-state index contributed by atoms with van der Waals surface area (Å²) in [5.41, 5.74) is 9.12. The van der Waals surface area contributed by atoms with Gasteiger partial charge in [-0.2, -0.15) is 0 Å². The van der Waals surface area contributed by atoms with E-state index in [1.165, 1.54) is 17.5 Å². The first-order valence-corrected chi connectivity index (χ1v) is 10.4. The molecular weight excluding hydrogens is 340 g/mol. The number of rotatable bonds is 5. The zero-order valence-corrected chi connectivity index (χ0v) is 16.6. The van der Waals surface area contributed by atoms with Crippen molar-refractivity contribution < 1.29 is 10.2 Å². The number of nitrogens with one attached hydrogen (secondary N) is 2. The fraction of sp³-hybridized carbons (Fsp3) is 0.714. The Kier molecular flexibility index (Phi) is 5.56. The van der Waals surface area contributed by atoms with E-state index < -0.39 is 6.10 Å². The highest BCUT2D eigenvalue weighted by Crippen LogP contribution is 2.52. The summed E-state index contributed by atoms with van der Waals surface area (Å²) < 4.78 is 0. The number of benzene rings is 1. The molecule has 1 spiro atoms. The normalized spacial score (nSPS) is 33.1. The van der Waals surface area contributed by atoms with E-state index in [4.69, 9.17) is 0 Å². The van der Waals surface area contributed by atoms with Crippen LogP contribution in [0.4, 0.5) is 0 Å². The van der Waals surface area contributed by atoms with Crippen LogP contribution in [0.5, 0.6) is 0 Å². The lowest BCUT2D eigenvalue weighted by atomic mass is 9.72. The minimum Gasteiger partial charge on any atom is -0.395 e. The van der Waals surface area contributed by atoms with Crippen molar-refractivity contribution in [3.05, 3.63) is 35.4 Å². The smallest absolute Gasteiger partial charge is 0.0834 e. The SMILES string of the molecule is CC1CC(CN2CCC3(CC2)c2ccccc2[C@H](N(C)CCO)[C@H]3O)NN1. The molecule has 4 atom stereocenters. The number of aliphatic hydroxyl groups excluding tert-OH is 2. The standard InChI is InChI=1S/C21H34N4O2/c1-15-13-16(23-22-15)14-25-9-7-21(8-10-25)18-6-4-3-5-17(18)19(20(21)27)24(2)11-12-26/h3-6,15-16,19-20,22-23,26-27H,7-14H2,1-2H3/t15?,16?,19-,20+/m0/s1. The van der Waals surface area contributed by atoms with Gasteiger partial charge in [-0.25, -0.2) is 0 Å². The van der Waals surface area contributed by atoms with Crippen LogP contribution in [0.2, 0.25) is 0 Å². The first-order valence-electron chi connectivity index (χ1n) is 10.4. The van der Waals surface area contributed by atoms with Crippen LogP contribution in [0.25, 0.3) is 0 Å². The van der Waals surface area contributed by atoms with Crippen molar-refractivity contribution in [2.75, 3.05) is 39.8 Å². The molecule has 2 heterocycles. The van der Waals surface area contributed by atoms with Crippen LogP contribution < -0.4 is 10.9 Å². The number of likely N-dealkylation sites (tertiary alicyclic amines) is 1. The van der Waals surface area contributed by atoms with Crippen LogP contribution in [-0.2, 0) is 5.41 Å². The maximum atomic E-state index is 11.4. The Bertz CT molecular complexity index is 647. The molecule has 0 saturated carbocycles. The Morgan fingerprint density at radius 2 is 1.96 bits per heavy atom. The molecule has 4 N–H and O–H groups in total. The minimum atomic E-state index is -0.417. The highest BCUT2D eigenvalue weighted by atomic mass is 16.3. The average Bonchev–Trinajstić information content (AvgIpc) is 3.17. The van der Waals surface area contributed by atoms with Gasteiger partial charge in [-0.1, -0.05) is 24.3 Å². The van der Waals surface area contributed by atoms with Gasteiger partial charge in [0.25, 0.3) is 0 Å². The Morgan fingerprint density at radius 3 is 2.63 bits per heavy atom. The molecular formula is C21H34N4O2. The largest absolute Gasteiger partial charge is 0.395 e. The molecule has 1 aromatic rings. The second-order valence-electron chi connectivity index (χ2n) is 8.76. The molecule has 2 fully saturated rings. The van der Waals surface area contributed by atoms with Crippen molar-refractivity contribution in [3.8, 4) is 0 Å². The summed E-state index contributed by atoms with van der Waals surface area (Å²) in [6.07, 6.45) is 2.73. The van der Waals surface area contributed by atoms with Gasteiger partial charge in [-0.15, -0.1) is 0 Å².